The van der Waals surface area contributed by atoms with Crippen molar-refractivity contribution in [1.29, 1.82) is 0 Å². The molecule has 6 aromatic carbocycles. The van der Waals surface area contributed by atoms with Crippen molar-refractivity contribution in [2.45, 2.75) is 99.2 Å². The Morgan fingerprint density at radius 1 is 0.216 bits per heavy atom. The second-order valence-electron chi connectivity index (χ2n) is 17.3. The summed E-state index contributed by atoms with van der Waals surface area (Å²) in [6.45, 7) is 2.10. The molecule has 0 N–H and O–H groups in total. The van der Waals surface area contributed by atoms with Gasteiger partial charge in [0.25, 0.3) is 0 Å². The van der Waals surface area contributed by atoms with Crippen molar-refractivity contribution in [3.05, 3.63) is 212 Å². The number of hydrogen-bond donors (Lipinski definition) is 0. The maximum atomic E-state index is 6.22. The zero-order valence-electron chi connectivity index (χ0n) is 41.1. The molecule has 0 aliphatic carbocycles. The molecular weight excluding hydrogens is 1100 g/mol. The molecule has 6 aromatic rings. The zero-order chi connectivity index (χ0) is 52.3. The summed E-state index contributed by atoms with van der Waals surface area (Å²) in [6, 6.07) is 35.4. The van der Waals surface area contributed by atoms with Crippen molar-refractivity contribution in [3.63, 3.8) is 0 Å². The number of halogens is 8. The van der Waals surface area contributed by atoms with Gasteiger partial charge in [0.1, 0.15) is 74.1 Å². The first-order valence-electron chi connectivity index (χ1n) is 24.2. The number of ether oxygens (including phenoxy) is 6. The smallest absolute Gasteiger partial charge is 0.120 e. The number of hydrogen-bond acceptors (Lipinski definition) is 6. The molecule has 0 aliphatic rings. The SMILES string of the molecule is ClCc1cc(CCl)cc(OCc2cc(COc3cc(CCl)cc(CCl)c3)cc(OC/C=C/CC/C=C/CC/C=C/COc3cc(COc4cc(CCl)cc(CCl)c4)cc(COc4cc(CCl)cc(CCl)c4)c3)c2)c1. The largest absolute Gasteiger partial charge is 0.490 e. The van der Waals surface area contributed by atoms with Gasteiger partial charge in [0.2, 0.25) is 0 Å². The molecule has 6 nitrogen and oxygen atoms in total. The Hall–Kier alpha value is -4.34. The van der Waals surface area contributed by atoms with Gasteiger partial charge in [-0.25, -0.2) is 0 Å². The average Bonchev–Trinajstić information content (AvgIpc) is 3.44. The van der Waals surface area contributed by atoms with Gasteiger partial charge in [0, 0.05) is 47.0 Å². The normalized spacial score (nSPS) is 11.5. The molecule has 0 saturated carbocycles. The minimum Gasteiger partial charge on any atom is -0.490 e. The van der Waals surface area contributed by atoms with Crippen LogP contribution in [0, 0.1) is 0 Å². The van der Waals surface area contributed by atoms with Gasteiger partial charge in [0.15, 0.2) is 0 Å². The number of alkyl halides is 8. The summed E-state index contributed by atoms with van der Waals surface area (Å²) >= 11 is 49.1. The molecule has 0 bridgehead atoms. The fraction of sp³-hybridized carbons (Fsp3) is 0.300. The summed E-state index contributed by atoms with van der Waals surface area (Å²) < 4.78 is 37.3. The van der Waals surface area contributed by atoms with E-state index in [1.54, 1.807) is 0 Å². The number of benzene rings is 6. The third-order valence-corrected chi connectivity index (χ3v) is 13.7. The van der Waals surface area contributed by atoms with Gasteiger partial charge < -0.3 is 28.4 Å². The van der Waals surface area contributed by atoms with Gasteiger partial charge in [-0.05, 0) is 177 Å². The number of allylic oxidation sites excluding steroid dienone is 4. The summed E-state index contributed by atoms with van der Waals surface area (Å²) in [5.41, 5.74) is 11.3. The highest BCUT2D eigenvalue weighted by molar-refractivity contribution is 6.19. The van der Waals surface area contributed by atoms with Crippen molar-refractivity contribution >= 4 is 92.8 Å². The Bertz CT molecular complexity index is 2350. The molecule has 14 heteroatoms. The first-order chi connectivity index (χ1) is 36.2. The highest BCUT2D eigenvalue weighted by Gasteiger charge is 2.11. The van der Waals surface area contributed by atoms with Crippen LogP contribution in [0.15, 0.2) is 146 Å². The van der Waals surface area contributed by atoms with Crippen molar-refractivity contribution in [3.8, 4) is 34.5 Å². The molecule has 74 heavy (non-hydrogen) atoms. The Balaban J connectivity index is 0.968. The third kappa shape index (κ3) is 20.7. The van der Waals surface area contributed by atoms with Gasteiger partial charge in [-0.1, -0.05) is 60.7 Å². The molecule has 0 amide bonds. The minimum atomic E-state index is 0.317. The summed E-state index contributed by atoms with van der Waals surface area (Å²) in [4.78, 5) is 0. The number of rotatable bonds is 32. The topological polar surface area (TPSA) is 55.4 Å². The first kappa shape index (κ1) is 58.9. The molecular formula is C60H60Cl8O6. The molecule has 6 rings (SSSR count). The molecule has 0 heterocycles. The third-order valence-electron chi connectivity index (χ3n) is 11.2. The van der Waals surface area contributed by atoms with E-state index in [0.29, 0.717) is 121 Å². The van der Waals surface area contributed by atoms with E-state index in [1.165, 1.54) is 0 Å². The van der Waals surface area contributed by atoms with Gasteiger partial charge in [-0.2, -0.15) is 0 Å². The molecule has 0 atom stereocenters. The van der Waals surface area contributed by atoms with Crippen LogP contribution in [-0.2, 0) is 73.5 Å². The summed E-state index contributed by atoms with van der Waals surface area (Å²) in [5, 5.41) is 0. The average molecular weight is 1160 g/mol. The molecule has 0 aromatic heterocycles. The van der Waals surface area contributed by atoms with Crippen LogP contribution in [0.1, 0.15) is 92.4 Å². The van der Waals surface area contributed by atoms with Crippen molar-refractivity contribution < 1.29 is 28.4 Å². The van der Waals surface area contributed by atoms with Crippen LogP contribution < -0.4 is 28.4 Å². The van der Waals surface area contributed by atoms with E-state index < -0.39 is 0 Å². The predicted octanol–water partition coefficient (Wildman–Crippen LogP) is 18.6. The lowest BCUT2D eigenvalue weighted by Crippen LogP contribution is -2.03. The standard InChI is InChI=1S/C60H60Cl8O6/c61-31-43-13-44(32-62)20-57(19-43)71-39-51-17-52(40-72-58-21-45(33-63)14-46(22-58)34-64)28-55(27-51)69-11-9-7-5-3-1-2-4-6-8-10-12-70-56-29-53(41-73-59-23-47(35-65)15-48(24-59)36-66)18-54(30-56)42-74-60-25-49(37-67)16-50(26-60)38-68/h1-2,7-10,13-30H,3-6,11-12,31-42H2/b2-1+,9-7+,10-8+. The Kier molecular flexibility index (Phi) is 26.2. The lowest BCUT2D eigenvalue weighted by atomic mass is 10.1. The van der Waals surface area contributed by atoms with E-state index in [-0.39, 0.29) is 0 Å². The molecule has 0 saturated heterocycles. The highest BCUT2D eigenvalue weighted by atomic mass is 35.5. The summed E-state index contributed by atoms with van der Waals surface area (Å²) in [5.74, 6) is 7.17. The second-order valence-corrected chi connectivity index (χ2v) is 19.5. The molecule has 0 radical (unpaired) electrons. The van der Waals surface area contributed by atoms with Crippen molar-refractivity contribution in [2.24, 2.45) is 0 Å². The van der Waals surface area contributed by atoms with Gasteiger partial charge in [-0.3, -0.25) is 0 Å². The molecule has 0 unspecified atom stereocenters. The van der Waals surface area contributed by atoms with E-state index >= 15 is 0 Å². The van der Waals surface area contributed by atoms with Crippen LogP contribution in [0.25, 0.3) is 0 Å². The van der Waals surface area contributed by atoms with Gasteiger partial charge >= 0.3 is 0 Å². The van der Waals surface area contributed by atoms with Crippen molar-refractivity contribution in [1.82, 2.24) is 0 Å². The lowest BCUT2D eigenvalue weighted by molar-refractivity contribution is 0.296. The number of unbranched alkanes of at least 4 members (excludes halogenated alkanes) is 2. The van der Waals surface area contributed by atoms with Crippen molar-refractivity contribution in [2.75, 3.05) is 13.2 Å². The second kappa shape index (κ2) is 33.0. The molecule has 392 valence electrons. The van der Waals surface area contributed by atoms with E-state index in [2.05, 4.69) is 36.4 Å². The summed E-state index contributed by atoms with van der Waals surface area (Å²) in [7, 11) is 0. The zero-order valence-corrected chi connectivity index (χ0v) is 47.1. The first-order valence-corrected chi connectivity index (χ1v) is 28.5. The Labute approximate surface area is 477 Å². The van der Waals surface area contributed by atoms with E-state index in [4.69, 9.17) is 121 Å². The fourth-order valence-corrected chi connectivity index (χ4v) is 9.00. The monoisotopic (exact) mass is 1160 g/mol. The van der Waals surface area contributed by atoms with Crippen LogP contribution >= 0.6 is 92.8 Å². The van der Waals surface area contributed by atoms with E-state index in [0.717, 1.165) is 92.4 Å². The van der Waals surface area contributed by atoms with Gasteiger partial charge in [0.05, 0.1) is 0 Å². The quantitative estimate of drug-likeness (QED) is 0.0238. The lowest BCUT2D eigenvalue weighted by Gasteiger charge is -2.14. The van der Waals surface area contributed by atoms with Gasteiger partial charge in [-0.15, -0.1) is 92.8 Å². The minimum absolute atomic E-state index is 0.317. The van der Waals surface area contributed by atoms with Crippen LogP contribution in [-0.4, -0.2) is 13.2 Å². The van der Waals surface area contributed by atoms with Crippen LogP contribution in [0.5, 0.6) is 34.5 Å². The fourth-order valence-electron chi connectivity index (χ4n) is 7.77. The maximum Gasteiger partial charge on any atom is 0.120 e. The Morgan fingerprint density at radius 3 is 0.608 bits per heavy atom. The van der Waals surface area contributed by atoms with E-state index in [9.17, 15) is 0 Å². The molecule has 0 spiro atoms. The van der Waals surface area contributed by atoms with E-state index in [1.807, 2.05) is 109 Å². The highest BCUT2D eigenvalue weighted by Crippen LogP contribution is 2.28. The van der Waals surface area contributed by atoms with Crippen LogP contribution in [0.3, 0.4) is 0 Å². The maximum absolute atomic E-state index is 6.22. The summed E-state index contributed by atoms with van der Waals surface area (Å²) in [6.07, 6.45) is 16.4. The predicted molar refractivity (Wildman–Crippen MR) is 309 cm³/mol. The Morgan fingerprint density at radius 2 is 0.392 bits per heavy atom. The molecule has 0 fully saturated rings. The molecule has 0 aliphatic heterocycles. The van der Waals surface area contributed by atoms with Crippen LogP contribution in [0.2, 0.25) is 0 Å². The van der Waals surface area contributed by atoms with Crippen LogP contribution in [0.4, 0.5) is 0 Å².